The standard InChI is InChI=1S/C13H18N2O2/c1-3-10-12(13(16)17-4-2)15-9-7-5-6-8-11(15)14-10/h5,7H,3-4,6,8-9H2,1-2H3. The van der Waals surface area contributed by atoms with Crippen molar-refractivity contribution < 1.29 is 9.53 Å². The summed E-state index contributed by atoms with van der Waals surface area (Å²) < 4.78 is 7.10. The predicted octanol–water partition coefficient (Wildman–Crippen LogP) is 2.12. The maximum absolute atomic E-state index is 12.0. The Morgan fingerprint density at radius 2 is 2.29 bits per heavy atom. The van der Waals surface area contributed by atoms with Gasteiger partial charge in [0.15, 0.2) is 5.69 Å². The van der Waals surface area contributed by atoms with Gasteiger partial charge in [-0.2, -0.15) is 0 Å². The van der Waals surface area contributed by atoms with Crippen molar-refractivity contribution in [3.63, 3.8) is 0 Å². The number of fused-ring (bicyclic) bond motifs is 1. The molecule has 2 heterocycles. The summed E-state index contributed by atoms with van der Waals surface area (Å²) in [6.45, 7) is 4.96. The predicted molar refractivity (Wildman–Crippen MR) is 65.0 cm³/mol. The van der Waals surface area contributed by atoms with Gasteiger partial charge in [-0.15, -0.1) is 0 Å². The SMILES string of the molecule is CCOC(=O)c1c(CC)nc2n1CC=CCC2. The molecular formula is C13H18N2O2. The third kappa shape index (κ3) is 2.25. The minimum atomic E-state index is -0.251. The van der Waals surface area contributed by atoms with Crippen LogP contribution in [0.25, 0.3) is 0 Å². The lowest BCUT2D eigenvalue weighted by Gasteiger charge is -2.08. The topological polar surface area (TPSA) is 44.1 Å². The largest absolute Gasteiger partial charge is 0.461 e. The zero-order valence-corrected chi connectivity index (χ0v) is 10.4. The third-order valence-corrected chi connectivity index (χ3v) is 2.91. The van der Waals surface area contributed by atoms with Crippen LogP contribution < -0.4 is 0 Å². The molecule has 0 saturated heterocycles. The van der Waals surface area contributed by atoms with E-state index >= 15 is 0 Å². The highest BCUT2D eigenvalue weighted by molar-refractivity contribution is 5.89. The molecule has 1 aromatic rings. The van der Waals surface area contributed by atoms with Crippen LogP contribution in [0.1, 0.15) is 42.3 Å². The minimum Gasteiger partial charge on any atom is -0.461 e. The Labute approximate surface area is 101 Å². The van der Waals surface area contributed by atoms with Crippen molar-refractivity contribution in [2.24, 2.45) is 0 Å². The lowest BCUT2D eigenvalue weighted by molar-refractivity contribution is 0.0512. The Hall–Kier alpha value is -1.58. The fraction of sp³-hybridized carbons (Fsp3) is 0.538. The highest BCUT2D eigenvalue weighted by Gasteiger charge is 2.22. The van der Waals surface area contributed by atoms with Crippen LogP contribution in [0.15, 0.2) is 12.2 Å². The number of hydrogen-bond donors (Lipinski definition) is 0. The van der Waals surface area contributed by atoms with Crippen LogP contribution in [0.3, 0.4) is 0 Å². The fourth-order valence-corrected chi connectivity index (χ4v) is 2.13. The van der Waals surface area contributed by atoms with Crippen LogP contribution in [-0.4, -0.2) is 22.1 Å². The summed E-state index contributed by atoms with van der Waals surface area (Å²) in [5, 5.41) is 0. The number of carbonyl (C=O) groups is 1. The quantitative estimate of drug-likeness (QED) is 0.594. The van der Waals surface area contributed by atoms with E-state index in [0.29, 0.717) is 12.3 Å². The number of rotatable bonds is 3. The summed E-state index contributed by atoms with van der Waals surface area (Å²) in [5.41, 5.74) is 1.49. The lowest BCUT2D eigenvalue weighted by atomic mass is 10.2. The van der Waals surface area contributed by atoms with Crippen molar-refractivity contribution in [1.29, 1.82) is 0 Å². The Kier molecular flexibility index (Phi) is 3.61. The molecule has 0 spiro atoms. The van der Waals surface area contributed by atoms with Gasteiger partial charge in [0.25, 0.3) is 0 Å². The first-order valence-electron chi connectivity index (χ1n) is 6.18. The molecule has 0 aromatic carbocycles. The first-order chi connectivity index (χ1) is 8.27. The number of carbonyl (C=O) groups excluding carboxylic acids is 1. The van der Waals surface area contributed by atoms with Gasteiger partial charge in [-0.1, -0.05) is 19.1 Å². The van der Waals surface area contributed by atoms with E-state index in [9.17, 15) is 4.79 Å². The second-order valence-electron chi connectivity index (χ2n) is 4.02. The third-order valence-electron chi connectivity index (χ3n) is 2.91. The van der Waals surface area contributed by atoms with E-state index in [1.165, 1.54) is 0 Å². The first-order valence-corrected chi connectivity index (χ1v) is 6.18. The van der Waals surface area contributed by atoms with Crippen LogP contribution >= 0.6 is 0 Å². The molecule has 1 aliphatic heterocycles. The molecule has 1 aromatic heterocycles. The molecule has 0 aliphatic carbocycles. The van der Waals surface area contributed by atoms with E-state index in [1.54, 1.807) is 0 Å². The van der Waals surface area contributed by atoms with Crippen LogP contribution in [0.5, 0.6) is 0 Å². The molecule has 0 amide bonds. The van der Waals surface area contributed by atoms with Gasteiger partial charge in [-0.3, -0.25) is 0 Å². The molecule has 2 rings (SSSR count). The van der Waals surface area contributed by atoms with Gasteiger partial charge in [-0.05, 0) is 19.8 Å². The molecule has 92 valence electrons. The average molecular weight is 234 g/mol. The zero-order valence-electron chi connectivity index (χ0n) is 10.4. The number of nitrogens with zero attached hydrogens (tertiary/aromatic N) is 2. The van der Waals surface area contributed by atoms with Gasteiger partial charge in [0.2, 0.25) is 0 Å². The van der Waals surface area contributed by atoms with Crippen molar-refractivity contribution in [2.75, 3.05) is 6.61 Å². The van der Waals surface area contributed by atoms with E-state index in [4.69, 9.17) is 4.74 Å². The summed E-state index contributed by atoms with van der Waals surface area (Å²) in [5.74, 6) is 0.744. The molecule has 4 nitrogen and oxygen atoms in total. The van der Waals surface area contributed by atoms with Crippen molar-refractivity contribution in [2.45, 2.75) is 39.7 Å². The van der Waals surface area contributed by atoms with Crippen molar-refractivity contribution in [1.82, 2.24) is 9.55 Å². The smallest absolute Gasteiger partial charge is 0.356 e. The van der Waals surface area contributed by atoms with Gasteiger partial charge >= 0.3 is 5.97 Å². The molecule has 0 N–H and O–H groups in total. The minimum absolute atomic E-state index is 0.251. The number of esters is 1. The zero-order chi connectivity index (χ0) is 12.3. The van der Waals surface area contributed by atoms with Crippen molar-refractivity contribution >= 4 is 5.97 Å². The number of aryl methyl sites for hydroxylation is 2. The maximum Gasteiger partial charge on any atom is 0.356 e. The van der Waals surface area contributed by atoms with Crippen molar-refractivity contribution in [3.05, 3.63) is 29.4 Å². The van der Waals surface area contributed by atoms with E-state index < -0.39 is 0 Å². The number of imidazole rings is 1. The summed E-state index contributed by atoms with van der Waals surface area (Å²) in [6, 6.07) is 0. The van der Waals surface area contributed by atoms with Crippen molar-refractivity contribution in [3.8, 4) is 0 Å². The van der Waals surface area contributed by atoms with Gasteiger partial charge < -0.3 is 9.30 Å². The van der Waals surface area contributed by atoms with Gasteiger partial charge in [0, 0.05) is 13.0 Å². The summed E-state index contributed by atoms with van der Waals surface area (Å²) in [4.78, 5) is 16.5. The summed E-state index contributed by atoms with van der Waals surface area (Å²) in [7, 11) is 0. The lowest BCUT2D eigenvalue weighted by Crippen LogP contribution is -2.14. The second-order valence-corrected chi connectivity index (χ2v) is 4.02. The molecule has 0 radical (unpaired) electrons. The molecular weight excluding hydrogens is 216 g/mol. The molecule has 0 fully saturated rings. The number of allylic oxidation sites excluding steroid dienone is 2. The van der Waals surface area contributed by atoms with Gasteiger partial charge in [0.1, 0.15) is 5.82 Å². The normalized spacial score (nSPS) is 14.2. The molecule has 0 bridgehead atoms. The molecule has 0 atom stereocenters. The number of hydrogen-bond acceptors (Lipinski definition) is 3. The Bertz CT molecular complexity index is 447. The van der Waals surface area contributed by atoms with Gasteiger partial charge in [-0.25, -0.2) is 9.78 Å². The van der Waals surface area contributed by atoms with E-state index in [0.717, 1.165) is 37.3 Å². The number of ether oxygens (including phenoxy) is 1. The Balaban J connectivity index is 2.43. The number of aromatic nitrogens is 2. The summed E-state index contributed by atoms with van der Waals surface area (Å²) >= 11 is 0. The van der Waals surface area contributed by atoms with Gasteiger partial charge in [0.05, 0.1) is 12.3 Å². The average Bonchev–Trinajstić information content (AvgIpc) is 2.52. The molecule has 17 heavy (non-hydrogen) atoms. The Morgan fingerprint density at radius 3 is 3.00 bits per heavy atom. The monoisotopic (exact) mass is 234 g/mol. The Morgan fingerprint density at radius 1 is 1.47 bits per heavy atom. The van der Waals surface area contributed by atoms with E-state index in [2.05, 4.69) is 17.1 Å². The van der Waals surface area contributed by atoms with Crippen LogP contribution in [0.2, 0.25) is 0 Å². The molecule has 0 unspecified atom stereocenters. The highest BCUT2D eigenvalue weighted by Crippen LogP contribution is 2.18. The van der Waals surface area contributed by atoms with Crippen LogP contribution in [0.4, 0.5) is 0 Å². The van der Waals surface area contributed by atoms with E-state index in [1.807, 2.05) is 18.4 Å². The maximum atomic E-state index is 12.0. The molecule has 0 saturated carbocycles. The van der Waals surface area contributed by atoms with E-state index in [-0.39, 0.29) is 5.97 Å². The van der Waals surface area contributed by atoms with Crippen LogP contribution in [-0.2, 0) is 24.1 Å². The van der Waals surface area contributed by atoms with Crippen LogP contribution in [0, 0.1) is 0 Å². The highest BCUT2D eigenvalue weighted by atomic mass is 16.5. The summed E-state index contributed by atoms with van der Waals surface area (Å²) in [6.07, 6.45) is 6.86. The fourth-order valence-electron chi connectivity index (χ4n) is 2.13. The molecule has 1 aliphatic rings. The molecule has 4 heteroatoms. The first kappa shape index (κ1) is 11.9. The second kappa shape index (κ2) is 5.17.